The number of aliphatic hydroxyl groups is 1. The molecule has 0 heterocycles. The molecule has 6 atom stereocenters. The van der Waals surface area contributed by atoms with Gasteiger partial charge in [-0.3, -0.25) is 37.3 Å². The number of unbranched alkanes of at least 4 members (excludes halogenated alkanes) is 45. The van der Waals surface area contributed by atoms with Crippen molar-refractivity contribution in [3.8, 4) is 0 Å². The molecule has 0 aromatic heterocycles. The third kappa shape index (κ3) is 72.8. The maximum atomic E-state index is 13.1. The van der Waals surface area contributed by atoms with E-state index in [1.54, 1.807) is 0 Å². The first-order valence-electron chi connectivity index (χ1n) is 41.4. The van der Waals surface area contributed by atoms with Crippen LogP contribution in [0.1, 0.15) is 414 Å². The summed E-state index contributed by atoms with van der Waals surface area (Å²) in [4.78, 5) is 73.0. The molecule has 0 saturated carbocycles. The Hall–Kier alpha value is -1.94. The van der Waals surface area contributed by atoms with Crippen LogP contribution in [-0.2, 0) is 65.4 Å². The van der Waals surface area contributed by atoms with Gasteiger partial charge >= 0.3 is 39.5 Å². The fourth-order valence-electron chi connectivity index (χ4n) is 12.3. The molecule has 0 amide bonds. The lowest BCUT2D eigenvalue weighted by Gasteiger charge is -2.21. The maximum absolute atomic E-state index is 13.1. The second kappa shape index (κ2) is 70.4. The van der Waals surface area contributed by atoms with Crippen LogP contribution in [-0.4, -0.2) is 96.7 Å². The van der Waals surface area contributed by atoms with E-state index in [0.717, 1.165) is 108 Å². The second-order valence-corrected chi connectivity index (χ2v) is 32.9. The lowest BCUT2D eigenvalue weighted by atomic mass is 9.99. The Morgan fingerprint density at radius 2 is 0.515 bits per heavy atom. The molecule has 588 valence electrons. The van der Waals surface area contributed by atoms with Gasteiger partial charge in [0.05, 0.1) is 26.4 Å². The van der Waals surface area contributed by atoms with Gasteiger partial charge in [0.25, 0.3) is 0 Å². The van der Waals surface area contributed by atoms with E-state index < -0.39 is 97.5 Å². The van der Waals surface area contributed by atoms with E-state index in [0.29, 0.717) is 25.7 Å². The number of carbonyl (C=O) groups is 4. The Morgan fingerprint density at radius 1 is 0.293 bits per heavy atom. The smallest absolute Gasteiger partial charge is 0.462 e. The summed E-state index contributed by atoms with van der Waals surface area (Å²) in [6.45, 7) is 12.0. The molecule has 0 fully saturated rings. The van der Waals surface area contributed by atoms with Crippen LogP contribution in [0, 0.1) is 17.8 Å². The maximum Gasteiger partial charge on any atom is 0.472 e. The Labute approximate surface area is 607 Å². The van der Waals surface area contributed by atoms with Crippen LogP contribution in [0.15, 0.2) is 0 Å². The molecule has 0 rings (SSSR count). The molecule has 0 radical (unpaired) electrons. The predicted octanol–water partition coefficient (Wildman–Crippen LogP) is 23.7. The van der Waals surface area contributed by atoms with Crippen molar-refractivity contribution in [2.75, 3.05) is 39.6 Å². The van der Waals surface area contributed by atoms with E-state index >= 15 is 0 Å². The average Bonchev–Trinajstić information content (AvgIpc) is 1.07. The highest BCUT2D eigenvalue weighted by Crippen LogP contribution is 2.45. The van der Waals surface area contributed by atoms with Crippen molar-refractivity contribution in [2.45, 2.75) is 433 Å². The minimum Gasteiger partial charge on any atom is -0.462 e. The van der Waals surface area contributed by atoms with Gasteiger partial charge in [0.2, 0.25) is 0 Å². The van der Waals surface area contributed by atoms with Gasteiger partial charge in [-0.15, -0.1) is 0 Å². The number of carbonyl (C=O) groups excluding carboxylic acids is 4. The molecule has 99 heavy (non-hydrogen) atoms. The Balaban J connectivity index is 5.25. The lowest BCUT2D eigenvalue weighted by Crippen LogP contribution is -2.30. The molecule has 0 bridgehead atoms. The predicted molar refractivity (Wildman–Crippen MR) is 405 cm³/mol. The van der Waals surface area contributed by atoms with E-state index in [9.17, 15) is 43.2 Å². The molecule has 0 aliphatic heterocycles. The van der Waals surface area contributed by atoms with Crippen LogP contribution in [0.4, 0.5) is 0 Å². The van der Waals surface area contributed by atoms with Crippen molar-refractivity contribution in [1.82, 2.24) is 0 Å². The van der Waals surface area contributed by atoms with Crippen molar-refractivity contribution >= 4 is 39.5 Å². The molecule has 0 aliphatic rings. The first kappa shape index (κ1) is 97.1. The van der Waals surface area contributed by atoms with Crippen molar-refractivity contribution in [3.05, 3.63) is 0 Å². The fourth-order valence-corrected chi connectivity index (χ4v) is 13.9. The Morgan fingerprint density at radius 3 is 0.768 bits per heavy atom. The minimum atomic E-state index is -4.96. The van der Waals surface area contributed by atoms with Gasteiger partial charge in [0, 0.05) is 25.7 Å². The highest BCUT2D eigenvalue weighted by molar-refractivity contribution is 7.47. The topological polar surface area (TPSA) is 237 Å². The quantitative estimate of drug-likeness (QED) is 0.0222. The summed E-state index contributed by atoms with van der Waals surface area (Å²) in [7, 11) is -9.92. The zero-order valence-electron chi connectivity index (χ0n) is 65.0. The van der Waals surface area contributed by atoms with E-state index in [1.165, 1.54) is 225 Å². The summed E-state index contributed by atoms with van der Waals surface area (Å²) in [6.07, 6.45) is 58.1. The van der Waals surface area contributed by atoms with E-state index in [4.69, 9.17) is 37.0 Å². The second-order valence-electron chi connectivity index (χ2n) is 30.0. The first-order chi connectivity index (χ1) is 47.8. The van der Waals surface area contributed by atoms with Gasteiger partial charge in [-0.05, 0) is 43.4 Å². The summed E-state index contributed by atoms with van der Waals surface area (Å²) < 4.78 is 68.7. The highest BCUT2D eigenvalue weighted by Gasteiger charge is 2.30. The van der Waals surface area contributed by atoms with Gasteiger partial charge in [-0.25, -0.2) is 9.13 Å². The third-order valence-electron chi connectivity index (χ3n) is 19.0. The van der Waals surface area contributed by atoms with Gasteiger partial charge in [-0.2, -0.15) is 0 Å². The number of phosphoric ester groups is 2. The number of ether oxygens (including phenoxy) is 4. The standard InChI is InChI=1S/C80H156O17P2/c1-8-10-11-12-13-14-33-40-47-54-61-77(82)90-67-75(96-80(85)64-57-50-43-36-29-23-22-25-31-38-45-52-59-72(5)6)69-94-98(86,87)92-65-74(81)66-93-99(88,89)95-70-76(68-91-78(83)62-55-48-41-34-27-21-17-18-24-30-37-44-51-58-71(3)4)97-79(84)63-56-49-42-35-28-20-16-15-19-26-32-39-46-53-60-73(7)9-2/h71-76,81H,8-70H2,1-7H3,(H,86,87)(H,88,89)/t73?,74-,75+,76+/m0/s1. The number of hydrogen-bond donors (Lipinski definition) is 3. The molecule has 17 nitrogen and oxygen atoms in total. The van der Waals surface area contributed by atoms with Crippen LogP contribution in [0.25, 0.3) is 0 Å². The zero-order valence-corrected chi connectivity index (χ0v) is 66.8. The van der Waals surface area contributed by atoms with Gasteiger partial charge in [0.1, 0.15) is 19.3 Å². The van der Waals surface area contributed by atoms with Crippen molar-refractivity contribution in [3.63, 3.8) is 0 Å². The average molecular weight is 1450 g/mol. The minimum absolute atomic E-state index is 0.107. The Kier molecular flexibility index (Phi) is 69.0. The molecule has 0 saturated heterocycles. The van der Waals surface area contributed by atoms with E-state index in [2.05, 4.69) is 48.5 Å². The van der Waals surface area contributed by atoms with Crippen LogP contribution in [0.3, 0.4) is 0 Å². The zero-order chi connectivity index (χ0) is 73.0. The summed E-state index contributed by atoms with van der Waals surface area (Å²) in [6, 6.07) is 0. The van der Waals surface area contributed by atoms with Crippen molar-refractivity contribution in [2.24, 2.45) is 17.8 Å². The monoisotopic (exact) mass is 1450 g/mol. The number of hydrogen-bond acceptors (Lipinski definition) is 15. The molecule has 19 heteroatoms. The van der Waals surface area contributed by atoms with Gasteiger partial charge in [-0.1, -0.05) is 363 Å². The van der Waals surface area contributed by atoms with Crippen molar-refractivity contribution in [1.29, 1.82) is 0 Å². The van der Waals surface area contributed by atoms with Gasteiger partial charge < -0.3 is 33.8 Å². The largest absolute Gasteiger partial charge is 0.472 e. The molecule has 0 spiro atoms. The lowest BCUT2D eigenvalue weighted by molar-refractivity contribution is -0.161. The van der Waals surface area contributed by atoms with E-state index in [-0.39, 0.29) is 25.7 Å². The highest BCUT2D eigenvalue weighted by atomic mass is 31.2. The third-order valence-corrected chi connectivity index (χ3v) is 20.9. The number of aliphatic hydroxyl groups excluding tert-OH is 1. The van der Waals surface area contributed by atoms with Crippen LogP contribution < -0.4 is 0 Å². The van der Waals surface area contributed by atoms with Crippen LogP contribution >= 0.6 is 15.6 Å². The van der Waals surface area contributed by atoms with Crippen LogP contribution in [0.2, 0.25) is 0 Å². The molecule has 3 unspecified atom stereocenters. The summed E-state index contributed by atoms with van der Waals surface area (Å²) >= 11 is 0. The normalized spacial score (nSPS) is 14.3. The summed E-state index contributed by atoms with van der Waals surface area (Å²) in [5, 5.41) is 10.6. The fraction of sp³-hybridized carbons (Fsp3) is 0.950. The number of rotatable bonds is 78. The Bertz CT molecular complexity index is 1920. The molecule has 0 aliphatic carbocycles. The molecule has 3 N–H and O–H groups in total. The van der Waals surface area contributed by atoms with E-state index in [1.807, 2.05) is 0 Å². The SMILES string of the molecule is CCCCCCCCCCCCC(=O)OC[C@H](COP(=O)(O)OC[C@H](O)COP(=O)(O)OC[C@@H](COC(=O)CCCCCCCCCCCCCCCC(C)C)OC(=O)CCCCCCCCCCCCCCCCC(C)CC)OC(=O)CCCCCCCCCCCCCCC(C)C. The summed E-state index contributed by atoms with van der Waals surface area (Å²) in [5.41, 5.74) is 0. The number of phosphoric acid groups is 2. The summed E-state index contributed by atoms with van der Waals surface area (Å²) in [5.74, 6) is 0.303. The first-order valence-corrected chi connectivity index (χ1v) is 44.4. The number of esters is 4. The van der Waals surface area contributed by atoms with Crippen molar-refractivity contribution < 1.29 is 80.2 Å². The molecular weight excluding hydrogens is 1290 g/mol. The molecular formula is C80H156O17P2. The van der Waals surface area contributed by atoms with Gasteiger partial charge in [0.15, 0.2) is 12.2 Å². The van der Waals surface area contributed by atoms with Crippen LogP contribution in [0.5, 0.6) is 0 Å². The molecule has 0 aromatic rings. The molecule has 0 aromatic carbocycles.